The second-order valence-corrected chi connectivity index (χ2v) is 5.17. The Labute approximate surface area is 83.1 Å². The molecular formula is C8H22N2O2Si. The quantitative estimate of drug-likeness (QED) is 0.626. The van der Waals surface area contributed by atoms with Crippen LogP contribution >= 0.6 is 0 Å². The van der Waals surface area contributed by atoms with Gasteiger partial charge in [0.2, 0.25) is 0 Å². The van der Waals surface area contributed by atoms with Crippen LogP contribution in [0.25, 0.3) is 0 Å². The molecule has 0 aromatic heterocycles. The van der Waals surface area contributed by atoms with Crippen LogP contribution in [-0.2, 0) is 8.85 Å². The average Bonchev–Trinajstić information content (AvgIpc) is 2.19. The molecule has 1 rings (SSSR count). The first-order valence-electron chi connectivity index (χ1n) is 4.65. The zero-order valence-corrected chi connectivity index (χ0v) is 10.3. The topological polar surface area (TPSA) is 33.7 Å². The molecule has 0 atom stereocenters. The number of likely N-dealkylation sites (N-methyl/N-ethyl adjacent to an activating group) is 1. The molecule has 0 aliphatic carbocycles. The molecule has 1 fully saturated rings. The average molecular weight is 206 g/mol. The Balaban J connectivity index is 0.000000226. The molecule has 1 saturated heterocycles. The van der Waals surface area contributed by atoms with Crippen LogP contribution in [0.15, 0.2) is 0 Å². The highest BCUT2D eigenvalue weighted by Gasteiger charge is 2.01. The minimum absolute atomic E-state index is 1.16. The monoisotopic (exact) mass is 206 g/mol. The van der Waals surface area contributed by atoms with E-state index < -0.39 is 9.28 Å². The normalized spacial score (nSPS) is 18.2. The molecule has 0 amide bonds. The van der Waals surface area contributed by atoms with Crippen LogP contribution in [0.1, 0.15) is 0 Å². The summed E-state index contributed by atoms with van der Waals surface area (Å²) in [5.41, 5.74) is 0. The molecular weight excluding hydrogens is 184 g/mol. The van der Waals surface area contributed by atoms with Crippen LogP contribution in [-0.4, -0.2) is 61.6 Å². The summed E-state index contributed by atoms with van der Waals surface area (Å²) in [5.74, 6) is 0. The number of hydrogen-bond donors (Lipinski definition) is 1. The van der Waals surface area contributed by atoms with Gasteiger partial charge in [0.15, 0.2) is 0 Å². The number of piperazine rings is 1. The van der Waals surface area contributed by atoms with Gasteiger partial charge in [-0.15, -0.1) is 0 Å². The van der Waals surface area contributed by atoms with Crippen molar-refractivity contribution >= 4 is 9.28 Å². The Morgan fingerprint density at radius 2 is 1.62 bits per heavy atom. The van der Waals surface area contributed by atoms with Gasteiger partial charge >= 0.3 is 9.28 Å². The summed E-state index contributed by atoms with van der Waals surface area (Å²) in [6, 6.07) is 0. The summed E-state index contributed by atoms with van der Waals surface area (Å²) in [7, 11) is 4.33. The molecule has 13 heavy (non-hydrogen) atoms. The van der Waals surface area contributed by atoms with Crippen molar-refractivity contribution in [1.29, 1.82) is 0 Å². The summed E-state index contributed by atoms with van der Waals surface area (Å²) < 4.78 is 9.63. The van der Waals surface area contributed by atoms with E-state index in [2.05, 4.69) is 17.3 Å². The van der Waals surface area contributed by atoms with Crippen LogP contribution < -0.4 is 5.32 Å². The number of hydrogen-bond acceptors (Lipinski definition) is 4. The standard InChI is InChI=1S/C5H12N2.C3H10O2Si/c1-7-4-2-6-3-5-7;1-4-6(3)5-2/h6H,2-5H2,1H3;6H,1-3H3. The fourth-order valence-electron chi connectivity index (χ4n) is 0.873. The summed E-state index contributed by atoms with van der Waals surface area (Å²) in [6.07, 6.45) is 0. The van der Waals surface area contributed by atoms with Crippen LogP contribution in [0.3, 0.4) is 0 Å². The van der Waals surface area contributed by atoms with Gasteiger partial charge in [0.05, 0.1) is 0 Å². The lowest BCUT2D eigenvalue weighted by Gasteiger charge is -2.21. The van der Waals surface area contributed by atoms with Crippen molar-refractivity contribution in [3.8, 4) is 0 Å². The highest BCUT2D eigenvalue weighted by molar-refractivity contribution is 6.42. The van der Waals surface area contributed by atoms with Crippen molar-refractivity contribution in [2.45, 2.75) is 6.55 Å². The van der Waals surface area contributed by atoms with Gasteiger partial charge in [0.25, 0.3) is 0 Å². The van der Waals surface area contributed by atoms with Gasteiger partial charge in [-0.3, -0.25) is 0 Å². The van der Waals surface area contributed by atoms with Gasteiger partial charge in [-0.25, -0.2) is 0 Å². The van der Waals surface area contributed by atoms with Gasteiger partial charge in [0, 0.05) is 40.4 Å². The fraction of sp³-hybridized carbons (Fsp3) is 1.00. The van der Waals surface area contributed by atoms with E-state index in [1.165, 1.54) is 13.1 Å². The van der Waals surface area contributed by atoms with E-state index in [1.54, 1.807) is 14.2 Å². The predicted molar refractivity (Wildman–Crippen MR) is 57.4 cm³/mol. The number of nitrogens with one attached hydrogen (secondary N) is 1. The van der Waals surface area contributed by atoms with Crippen molar-refractivity contribution in [2.75, 3.05) is 47.4 Å². The van der Waals surface area contributed by atoms with E-state index in [1.807, 2.05) is 6.55 Å². The lowest BCUT2D eigenvalue weighted by Crippen LogP contribution is -2.40. The van der Waals surface area contributed by atoms with E-state index in [0.29, 0.717) is 0 Å². The smallest absolute Gasteiger partial charge is 0.317 e. The molecule has 0 aromatic carbocycles. The maximum absolute atomic E-state index is 4.82. The molecule has 0 spiro atoms. The van der Waals surface area contributed by atoms with Crippen molar-refractivity contribution in [3.05, 3.63) is 0 Å². The predicted octanol–water partition coefficient (Wildman–Crippen LogP) is -0.349. The molecule has 1 N–H and O–H groups in total. The van der Waals surface area contributed by atoms with Crippen molar-refractivity contribution < 1.29 is 8.85 Å². The van der Waals surface area contributed by atoms with Gasteiger partial charge in [0.1, 0.15) is 0 Å². The van der Waals surface area contributed by atoms with Crippen LogP contribution in [0.2, 0.25) is 6.55 Å². The Morgan fingerprint density at radius 3 is 1.77 bits per heavy atom. The van der Waals surface area contributed by atoms with Gasteiger partial charge in [-0.1, -0.05) is 0 Å². The van der Waals surface area contributed by atoms with E-state index in [-0.39, 0.29) is 0 Å². The van der Waals surface area contributed by atoms with Gasteiger partial charge in [-0.2, -0.15) is 0 Å². The molecule has 0 aromatic rings. The first kappa shape index (κ1) is 13.1. The fourth-order valence-corrected chi connectivity index (χ4v) is 1.07. The Morgan fingerprint density at radius 1 is 1.15 bits per heavy atom. The van der Waals surface area contributed by atoms with E-state index in [4.69, 9.17) is 8.85 Å². The number of nitrogens with zero attached hydrogens (tertiary/aromatic N) is 1. The van der Waals surface area contributed by atoms with Crippen LogP contribution in [0, 0.1) is 0 Å². The highest BCUT2D eigenvalue weighted by atomic mass is 28.3. The molecule has 5 heteroatoms. The Kier molecular flexibility index (Phi) is 8.68. The third kappa shape index (κ3) is 8.39. The largest absolute Gasteiger partial charge is 0.400 e. The van der Waals surface area contributed by atoms with Gasteiger partial charge < -0.3 is 19.1 Å². The van der Waals surface area contributed by atoms with Crippen molar-refractivity contribution in [2.24, 2.45) is 0 Å². The summed E-state index contributed by atoms with van der Waals surface area (Å²) in [5, 5.41) is 3.27. The molecule has 1 aliphatic heterocycles. The van der Waals surface area contributed by atoms with Crippen molar-refractivity contribution in [3.63, 3.8) is 0 Å². The molecule has 4 nitrogen and oxygen atoms in total. The molecule has 1 heterocycles. The van der Waals surface area contributed by atoms with Gasteiger partial charge in [-0.05, 0) is 13.6 Å². The second-order valence-electron chi connectivity index (χ2n) is 3.09. The third-order valence-electron chi connectivity index (χ3n) is 2.00. The zero-order valence-electron chi connectivity index (χ0n) is 9.17. The summed E-state index contributed by atoms with van der Waals surface area (Å²) >= 11 is 0. The Bertz CT molecular complexity index is 106. The maximum atomic E-state index is 4.82. The molecule has 0 bridgehead atoms. The maximum Gasteiger partial charge on any atom is 0.317 e. The number of rotatable bonds is 2. The van der Waals surface area contributed by atoms with Crippen LogP contribution in [0.4, 0.5) is 0 Å². The third-order valence-corrected chi connectivity index (χ3v) is 3.33. The minimum atomic E-state index is -1.16. The van der Waals surface area contributed by atoms with E-state index in [9.17, 15) is 0 Å². The second kappa shape index (κ2) is 8.65. The lowest BCUT2D eigenvalue weighted by atomic mass is 10.4. The van der Waals surface area contributed by atoms with E-state index in [0.717, 1.165) is 13.1 Å². The Hall–Kier alpha value is 0.0569. The highest BCUT2D eigenvalue weighted by Crippen LogP contribution is 1.83. The van der Waals surface area contributed by atoms with Crippen LogP contribution in [0.5, 0.6) is 0 Å². The minimum Gasteiger partial charge on any atom is -0.400 e. The van der Waals surface area contributed by atoms with Crippen molar-refractivity contribution in [1.82, 2.24) is 10.2 Å². The molecule has 0 unspecified atom stereocenters. The summed E-state index contributed by atoms with van der Waals surface area (Å²) in [4.78, 5) is 2.33. The zero-order chi connectivity index (χ0) is 10.1. The first-order chi connectivity index (χ1) is 6.20. The molecule has 0 radical (unpaired) electrons. The molecule has 1 aliphatic rings. The van der Waals surface area contributed by atoms with E-state index >= 15 is 0 Å². The SMILES string of the molecule is CN1CCNCC1.CO[SiH](C)OC. The molecule has 0 saturated carbocycles. The lowest BCUT2D eigenvalue weighted by molar-refractivity contribution is 0.285. The summed E-state index contributed by atoms with van der Waals surface area (Å²) in [6.45, 7) is 6.72. The first-order valence-corrected chi connectivity index (χ1v) is 6.75. The molecule has 80 valence electrons.